The standard InChI is InChI=1S/C24H24O4/c1-26-16-23(17-8-6-10-19(14-17)27-2)21-12-4-5-13-22(21)24(25)18-9-7-11-20(15-18)28-3/h4-16,24-25H,1-3H3/b23-16+. The highest BCUT2D eigenvalue weighted by Crippen LogP contribution is 2.34. The lowest BCUT2D eigenvalue weighted by atomic mass is 9.90. The fourth-order valence-electron chi connectivity index (χ4n) is 3.17. The molecule has 4 nitrogen and oxygen atoms in total. The maximum absolute atomic E-state index is 11.1. The van der Waals surface area contributed by atoms with Gasteiger partial charge in [0.05, 0.1) is 27.6 Å². The molecule has 1 N–H and O–H groups in total. The maximum Gasteiger partial charge on any atom is 0.119 e. The van der Waals surface area contributed by atoms with Crippen LogP contribution in [-0.4, -0.2) is 26.4 Å². The van der Waals surface area contributed by atoms with Gasteiger partial charge in [-0.05, 0) is 46.5 Å². The van der Waals surface area contributed by atoms with Gasteiger partial charge < -0.3 is 19.3 Å². The second kappa shape index (κ2) is 9.11. The molecule has 0 aromatic heterocycles. The van der Waals surface area contributed by atoms with Crippen LogP contribution in [0.15, 0.2) is 79.1 Å². The molecule has 3 aromatic rings. The van der Waals surface area contributed by atoms with Crippen LogP contribution in [0, 0.1) is 0 Å². The van der Waals surface area contributed by atoms with Crippen LogP contribution in [0.2, 0.25) is 0 Å². The summed E-state index contributed by atoms with van der Waals surface area (Å²) in [6, 6.07) is 23.0. The van der Waals surface area contributed by atoms with Gasteiger partial charge in [0.25, 0.3) is 0 Å². The Hall–Kier alpha value is -3.24. The van der Waals surface area contributed by atoms with Crippen molar-refractivity contribution in [3.05, 3.63) is 101 Å². The van der Waals surface area contributed by atoms with Crippen LogP contribution < -0.4 is 9.47 Å². The molecule has 3 rings (SSSR count). The Morgan fingerprint density at radius 1 is 0.821 bits per heavy atom. The van der Waals surface area contributed by atoms with Crippen LogP contribution in [0.3, 0.4) is 0 Å². The molecule has 0 aliphatic carbocycles. The van der Waals surface area contributed by atoms with Crippen LogP contribution in [0.1, 0.15) is 28.4 Å². The highest BCUT2D eigenvalue weighted by atomic mass is 16.5. The van der Waals surface area contributed by atoms with Crippen molar-refractivity contribution in [2.24, 2.45) is 0 Å². The molecular weight excluding hydrogens is 352 g/mol. The van der Waals surface area contributed by atoms with Crippen molar-refractivity contribution in [3.63, 3.8) is 0 Å². The molecule has 1 atom stereocenters. The fourth-order valence-corrected chi connectivity index (χ4v) is 3.17. The average Bonchev–Trinajstić information content (AvgIpc) is 2.77. The highest BCUT2D eigenvalue weighted by molar-refractivity contribution is 5.81. The van der Waals surface area contributed by atoms with Crippen molar-refractivity contribution in [3.8, 4) is 11.5 Å². The van der Waals surface area contributed by atoms with E-state index in [2.05, 4.69) is 0 Å². The molecule has 0 spiro atoms. The second-order valence-corrected chi connectivity index (χ2v) is 6.27. The van der Waals surface area contributed by atoms with Gasteiger partial charge in [0.1, 0.15) is 17.6 Å². The van der Waals surface area contributed by atoms with Crippen LogP contribution in [0.5, 0.6) is 11.5 Å². The molecule has 3 aromatic carbocycles. The molecule has 0 heterocycles. The van der Waals surface area contributed by atoms with Gasteiger partial charge in [-0.1, -0.05) is 48.5 Å². The normalized spacial score (nSPS) is 12.4. The van der Waals surface area contributed by atoms with Gasteiger partial charge in [0.15, 0.2) is 0 Å². The summed E-state index contributed by atoms with van der Waals surface area (Å²) in [7, 11) is 4.86. The average molecular weight is 376 g/mol. The topological polar surface area (TPSA) is 47.9 Å². The van der Waals surface area contributed by atoms with Crippen LogP contribution >= 0.6 is 0 Å². The highest BCUT2D eigenvalue weighted by Gasteiger charge is 2.18. The van der Waals surface area contributed by atoms with E-state index in [1.165, 1.54) is 0 Å². The third kappa shape index (κ3) is 4.18. The third-order valence-electron chi connectivity index (χ3n) is 4.57. The van der Waals surface area contributed by atoms with Crippen LogP contribution in [-0.2, 0) is 4.74 Å². The fraction of sp³-hybridized carbons (Fsp3) is 0.167. The van der Waals surface area contributed by atoms with E-state index in [0.717, 1.165) is 33.6 Å². The molecule has 0 saturated carbocycles. The molecule has 0 aliphatic rings. The first-order chi connectivity index (χ1) is 13.7. The van der Waals surface area contributed by atoms with Crippen LogP contribution in [0.25, 0.3) is 5.57 Å². The lowest BCUT2D eigenvalue weighted by Crippen LogP contribution is -2.05. The predicted molar refractivity (Wildman–Crippen MR) is 111 cm³/mol. The monoisotopic (exact) mass is 376 g/mol. The van der Waals surface area contributed by atoms with E-state index in [0.29, 0.717) is 5.75 Å². The summed E-state index contributed by atoms with van der Waals surface area (Å²) in [4.78, 5) is 0. The number of benzene rings is 3. The van der Waals surface area contributed by atoms with Gasteiger partial charge in [-0.25, -0.2) is 0 Å². The van der Waals surface area contributed by atoms with Crippen molar-refractivity contribution >= 4 is 5.57 Å². The van der Waals surface area contributed by atoms with E-state index in [1.807, 2.05) is 72.8 Å². The molecule has 0 radical (unpaired) electrons. The van der Waals surface area contributed by atoms with Crippen molar-refractivity contribution in [2.45, 2.75) is 6.10 Å². The van der Waals surface area contributed by atoms with E-state index in [4.69, 9.17) is 14.2 Å². The van der Waals surface area contributed by atoms with Gasteiger partial charge in [-0.3, -0.25) is 0 Å². The minimum absolute atomic E-state index is 0.703. The van der Waals surface area contributed by atoms with E-state index in [-0.39, 0.29) is 0 Å². The Morgan fingerprint density at radius 3 is 2.21 bits per heavy atom. The Kier molecular flexibility index (Phi) is 6.35. The number of hydrogen-bond acceptors (Lipinski definition) is 4. The van der Waals surface area contributed by atoms with Crippen molar-refractivity contribution < 1.29 is 19.3 Å². The summed E-state index contributed by atoms with van der Waals surface area (Å²) in [6.45, 7) is 0. The third-order valence-corrected chi connectivity index (χ3v) is 4.57. The summed E-state index contributed by atoms with van der Waals surface area (Å²) in [5.74, 6) is 1.46. The van der Waals surface area contributed by atoms with Crippen molar-refractivity contribution in [2.75, 3.05) is 21.3 Å². The van der Waals surface area contributed by atoms with Gasteiger partial charge in [0, 0.05) is 5.57 Å². The first-order valence-corrected chi connectivity index (χ1v) is 8.96. The first-order valence-electron chi connectivity index (χ1n) is 8.96. The summed E-state index contributed by atoms with van der Waals surface area (Å²) >= 11 is 0. The molecule has 4 heteroatoms. The lowest BCUT2D eigenvalue weighted by molar-refractivity contribution is 0.219. The Balaban J connectivity index is 2.09. The van der Waals surface area contributed by atoms with E-state index in [9.17, 15) is 5.11 Å². The van der Waals surface area contributed by atoms with E-state index >= 15 is 0 Å². The van der Waals surface area contributed by atoms with Crippen molar-refractivity contribution in [1.29, 1.82) is 0 Å². The maximum atomic E-state index is 11.1. The number of ether oxygens (including phenoxy) is 3. The molecule has 0 amide bonds. The van der Waals surface area contributed by atoms with Gasteiger partial charge in [0.2, 0.25) is 0 Å². The Bertz CT molecular complexity index is 962. The second-order valence-electron chi connectivity index (χ2n) is 6.27. The summed E-state index contributed by atoms with van der Waals surface area (Å²) in [5, 5.41) is 11.1. The first kappa shape index (κ1) is 19.5. The summed E-state index contributed by atoms with van der Waals surface area (Å²) in [6.07, 6.45) is 0.878. The smallest absolute Gasteiger partial charge is 0.119 e. The zero-order valence-corrected chi connectivity index (χ0v) is 16.3. The number of rotatable bonds is 7. The van der Waals surface area contributed by atoms with Gasteiger partial charge in [-0.2, -0.15) is 0 Å². The molecule has 0 bridgehead atoms. The summed E-state index contributed by atoms with van der Waals surface area (Å²) < 4.78 is 16.0. The predicted octanol–water partition coefficient (Wildman–Crippen LogP) is 4.82. The molecule has 0 saturated heterocycles. The van der Waals surface area contributed by atoms with Crippen LogP contribution in [0.4, 0.5) is 0 Å². The minimum atomic E-state index is -0.808. The minimum Gasteiger partial charge on any atom is -0.504 e. The quantitative estimate of drug-likeness (QED) is 0.601. The van der Waals surface area contributed by atoms with E-state index in [1.54, 1.807) is 27.6 Å². The number of methoxy groups -OCH3 is 3. The van der Waals surface area contributed by atoms with E-state index < -0.39 is 6.10 Å². The van der Waals surface area contributed by atoms with Gasteiger partial charge in [-0.15, -0.1) is 0 Å². The molecule has 0 fully saturated rings. The molecular formula is C24H24O4. The number of aliphatic hydroxyl groups excluding tert-OH is 1. The Labute approximate surface area is 165 Å². The molecule has 28 heavy (non-hydrogen) atoms. The zero-order chi connectivity index (χ0) is 19.9. The summed E-state index contributed by atoms with van der Waals surface area (Å²) in [5.41, 5.74) is 4.22. The molecule has 144 valence electrons. The van der Waals surface area contributed by atoms with Crippen molar-refractivity contribution in [1.82, 2.24) is 0 Å². The lowest BCUT2D eigenvalue weighted by Gasteiger charge is -2.19. The molecule has 1 unspecified atom stereocenters. The number of hydrogen-bond donors (Lipinski definition) is 1. The number of aliphatic hydroxyl groups is 1. The zero-order valence-electron chi connectivity index (χ0n) is 16.3. The largest absolute Gasteiger partial charge is 0.504 e. The van der Waals surface area contributed by atoms with Gasteiger partial charge >= 0.3 is 0 Å². The molecule has 0 aliphatic heterocycles. The Morgan fingerprint density at radius 2 is 1.50 bits per heavy atom. The SMILES string of the molecule is CO/C=C(\c1cccc(OC)c1)c1ccccc1C(O)c1cccc(OC)c1.